The van der Waals surface area contributed by atoms with Crippen LogP contribution in [-0.4, -0.2) is 65.4 Å². The van der Waals surface area contributed by atoms with Crippen LogP contribution in [0.2, 0.25) is 0 Å². The number of aryl methyl sites for hydroxylation is 1. The number of piperazine rings is 1. The Morgan fingerprint density at radius 1 is 1.19 bits per heavy atom. The van der Waals surface area contributed by atoms with E-state index in [1.165, 1.54) is 21.1 Å². The maximum Gasteiger partial charge on any atom is 0.237 e. The highest BCUT2D eigenvalue weighted by atomic mass is 32.1. The molecule has 1 aromatic rings. The van der Waals surface area contributed by atoms with Gasteiger partial charge in [0.2, 0.25) is 17.7 Å². The third kappa shape index (κ3) is 3.68. The lowest BCUT2D eigenvalue weighted by atomic mass is 9.85. The Balaban J connectivity index is 1.29. The van der Waals surface area contributed by atoms with Crippen LogP contribution in [0, 0.1) is 18.8 Å². The number of nitrogens with one attached hydrogen (secondary N) is 1. The van der Waals surface area contributed by atoms with E-state index in [4.69, 9.17) is 0 Å². The van der Waals surface area contributed by atoms with Gasteiger partial charge in [0.25, 0.3) is 0 Å². The van der Waals surface area contributed by atoms with Crippen molar-refractivity contribution in [2.75, 3.05) is 32.8 Å². The number of carbonyl (C=O) groups excluding carboxylic acids is 3. The molecule has 0 unspecified atom stereocenters. The molecular weight excluding hydrogens is 364 g/mol. The first-order valence-corrected chi connectivity index (χ1v) is 10.4. The average Bonchev–Trinajstić information content (AvgIpc) is 3.19. The van der Waals surface area contributed by atoms with E-state index in [9.17, 15) is 14.4 Å². The molecule has 4 rings (SSSR count). The Labute approximate surface area is 162 Å². The number of amides is 3. The van der Waals surface area contributed by atoms with Crippen molar-refractivity contribution >= 4 is 29.1 Å². The summed E-state index contributed by atoms with van der Waals surface area (Å²) in [6.07, 6.45) is 5.74. The van der Waals surface area contributed by atoms with Crippen LogP contribution in [0.15, 0.2) is 17.5 Å². The fourth-order valence-electron chi connectivity index (χ4n) is 4.20. The summed E-state index contributed by atoms with van der Waals surface area (Å²) in [6, 6.07) is 0. The minimum atomic E-state index is -0.161. The number of allylic oxidation sites excluding steroid dienone is 2. The van der Waals surface area contributed by atoms with Gasteiger partial charge in [0, 0.05) is 11.1 Å². The van der Waals surface area contributed by atoms with E-state index in [0.29, 0.717) is 39.0 Å². The molecule has 2 fully saturated rings. The molecule has 0 aromatic carbocycles. The minimum absolute atomic E-state index is 0.0144. The van der Waals surface area contributed by atoms with Crippen molar-refractivity contribution in [3.8, 4) is 0 Å². The van der Waals surface area contributed by atoms with Crippen molar-refractivity contribution in [1.29, 1.82) is 0 Å². The van der Waals surface area contributed by atoms with Crippen molar-refractivity contribution in [1.82, 2.24) is 14.8 Å². The number of carbonyl (C=O) groups is 3. The van der Waals surface area contributed by atoms with Crippen molar-refractivity contribution in [2.24, 2.45) is 11.8 Å². The highest BCUT2D eigenvalue weighted by Gasteiger charge is 2.48. The molecule has 2 atom stereocenters. The van der Waals surface area contributed by atoms with Crippen molar-refractivity contribution in [2.45, 2.75) is 26.2 Å². The van der Waals surface area contributed by atoms with Crippen LogP contribution in [0.4, 0.5) is 0 Å². The molecule has 3 heterocycles. The zero-order chi connectivity index (χ0) is 19.0. The van der Waals surface area contributed by atoms with Crippen LogP contribution < -0.4 is 4.90 Å². The van der Waals surface area contributed by atoms with Gasteiger partial charge in [-0.3, -0.25) is 14.4 Å². The molecule has 0 radical (unpaired) electrons. The van der Waals surface area contributed by atoms with Gasteiger partial charge < -0.3 is 9.80 Å². The summed E-state index contributed by atoms with van der Waals surface area (Å²) in [5.41, 5.74) is 0.952. The molecule has 2 aliphatic heterocycles. The van der Waals surface area contributed by atoms with Gasteiger partial charge in [0.15, 0.2) is 6.67 Å². The molecule has 2 saturated heterocycles. The highest BCUT2D eigenvalue weighted by Crippen LogP contribution is 2.34. The van der Waals surface area contributed by atoms with Gasteiger partial charge in [-0.15, -0.1) is 11.3 Å². The van der Waals surface area contributed by atoms with Gasteiger partial charge in [-0.25, -0.2) is 9.88 Å². The van der Waals surface area contributed by atoms with E-state index < -0.39 is 0 Å². The first kappa shape index (κ1) is 18.3. The van der Waals surface area contributed by atoms with E-state index in [0.717, 1.165) is 23.8 Å². The predicted molar refractivity (Wildman–Crippen MR) is 99.9 cm³/mol. The maximum absolute atomic E-state index is 12.6. The Bertz CT molecular complexity index is 756. The van der Waals surface area contributed by atoms with E-state index in [1.807, 2.05) is 29.4 Å². The first-order valence-electron chi connectivity index (χ1n) is 9.55. The lowest BCUT2D eigenvalue weighted by Gasteiger charge is -2.33. The second kappa shape index (κ2) is 7.52. The molecule has 1 aromatic heterocycles. The Hall–Kier alpha value is -2.06. The minimum Gasteiger partial charge on any atom is -0.331 e. The van der Waals surface area contributed by atoms with E-state index in [2.05, 4.69) is 4.98 Å². The SMILES string of the molecule is Cc1csc(CC(=O)N2CC[NH+](CN3C(=O)[C@@H]4CC=CC[C@H]4C3=O)CC2)n1. The van der Waals surface area contributed by atoms with Gasteiger partial charge >= 0.3 is 0 Å². The van der Waals surface area contributed by atoms with Crippen LogP contribution in [0.3, 0.4) is 0 Å². The molecule has 0 saturated carbocycles. The van der Waals surface area contributed by atoms with Crippen LogP contribution in [-0.2, 0) is 20.8 Å². The Morgan fingerprint density at radius 2 is 1.81 bits per heavy atom. The number of rotatable bonds is 4. The molecule has 1 N–H and O–H groups in total. The van der Waals surface area contributed by atoms with Crippen LogP contribution >= 0.6 is 11.3 Å². The summed E-state index contributed by atoms with van der Waals surface area (Å²) in [5, 5.41) is 2.82. The molecule has 3 amide bonds. The number of hydrogen-bond donors (Lipinski definition) is 1. The third-order valence-electron chi connectivity index (χ3n) is 5.77. The average molecular weight is 390 g/mol. The molecule has 27 heavy (non-hydrogen) atoms. The summed E-state index contributed by atoms with van der Waals surface area (Å²) in [6.45, 7) is 5.19. The second-order valence-corrected chi connectivity index (χ2v) is 8.55. The maximum atomic E-state index is 12.6. The zero-order valence-electron chi connectivity index (χ0n) is 15.5. The quantitative estimate of drug-likeness (QED) is 0.563. The van der Waals surface area contributed by atoms with E-state index in [1.54, 1.807) is 0 Å². The number of imide groups is 1. The molecule has 7 nitrogen and oxygen atoms in total. The second-order valence-electron chi connectivity index (χ2n) is 7.61. The topological polar surface area (TPSA) is 75.0 Å². The highest BCUT2D eigenvalue weighted by molar-refractivity contribution is 7.09. The molecule has 0 spiro atoms. The molecule has 144 valence electrons. The van der Waals surface area contributed by atoms with E-state index >= 15 is 0 Å². The fourth-order valence-corrected chi connectivity index (χ4v) is 4.97. The first-order chi connectivity index (χ1) is 13.0. The molecular formula is C19H25N4O3S+. The number of hydrogen-bond acceptors (Lipinski definition) is 5. The molecule has 3 aliphatic rings. The van der Waals surface area contributed by atoms with Crippen molar-refractivity contribution < 1.29 is 19.3 Å². The lowest BCUT2D eigenvalue weighted by Crippen LogP contribution is -3.16. The standard InChI is InChI=1S/C19H24N4O3S/c1-13-11-27-16(20-13)10-17(24)22-8-6-21(7-9-22)12-23-18(25)14-4-2-3-5-15(14)19(23)26/h2-3,11,14-15H,4-10,12H2,1H3/p+1/t14-,15-/m1/s1. The predicted octanol–water partition coefficient (Wildman–Crippen LogP) is -0.370. The van der Waals surface area contributed by atoms with E-state index in [-0.39, 0.29) is 29.6 Å². The molecule has 8 heteroatoms. The van der Waals surface area contributed by atoms with Gasteiger partial charge in [-0.05, 0) is 19.8 Å². The smallest absolute Gasteiger partial charge is 0.237 e. The number of nitrogens with zero attached hydrogens (tertiary/aromatic N) is 3. The summed E-state index contributed by atoms with van der Waals surface area (Å²) in [7, 11) is 0. The summed E-state index contributed by atoms with van der Waals surface area (Å²) in [4.78, 5) is 46.5. The van der Waals surface area contributed by atoms with Gasteiger partial charge in [0.05, 0.1) is 44.4 Å². The van der Waals surface area contributed by atoms with Crippen LogP contribution in [0.1, 0.15) is 23.5 Å². The number of fused-ring (bicyclic) bond motifs is 1. The van der Waals surface area contributed by atoms with Gasteiger partial charge in [-0.2, -0.15) is 0 Å². The van der Waals surface area contributed by atoms with Crippen molar-refractivity contribution in [3.05, 3.63) is 28.2 Å². The summed E-state index contributed by atoms with van der Waals surface area (Å²) in [5.74, 6) is -0.245. The normalized spacial score (nSPS) is 26.0. The van der Waals surface area contributed by atoms with Crippen LogP contribution in [0.5, 0.6) is 0 Å². The number of quaternary nitrogens is 1. The Kier molecular flexibility index (Phi) is 5.10. The zero-order valence-corrected chi connectivity index (χ0v) is 16.3. The van der Waals surface area contributed by atoms with Crippen LogP contribution in [0.25, 0.3) is 0 Å². The summed E-state index contributed by atoms with van der Waals surface area (Å²) < 4.78 is 0. The Morgan fingerprint density at radius 3 is 2.37 bits per heavy atom. The lowest BCUT2D eigenvalue weighted by molar-refractivity contribution is -0.911. The fraction of sp³-hybridized carbons (Fsp3) is 0.579. The molecule has 1 aliphatic carbocycles. The number of aromatic nitrogens is 1. The third-order valence-corrected chi connectivity index (χ3v) is 6.74. The number of likely N-dealkylation sites (tertiary alicyclic amines) is 1. The monoisotopic (exact) mass is 389 g/mol. The van der Waals surface area contributed by atoms with Crippen molar-refractivity contribution in [3.63, 3.8) is 0 Å². The van der Waals surface area contributed by atoms with Gasteiger partial charge in [0.1, 0.15) is 5.01 Å². The largest absolute Gasteiger partial charge is 0.331 e. The number of thiazole rings is 1. The molecule has 0 bridgehead atoms. The van der Waals surface area contributed by atoms with Gasteiger partial charge in [-0.1, -0.05) is 12.2 Å². The summed E-state index contributed by atoms with van der Waals surface area (Å²) >= 11 is 1.52.